The maximum Gasteiger partial charge on any atom is 0.226 e. The van der Waals surface area contributed by atoms with E-state index in [1.165, 1.54) is 12.8 Å². The number of likely N-dealkylation sites (tertiary alicyclic amines) is 1. The lowest BCUT2D eigenvalue weighted by Gasteiger charge is -2.22. The summed E-state index contributed by atoms with van der Waals surface area (Å²) in [4.78, 5) is 14.2. The molecule has 0 aromatic carbocycles. The fourth-order valence-corrected chi connectivity index (χ4v) is 3.24. The van der Waals surface area contributed by atoms with Gasteiger partial charge in [0, 0.05) is 18.5 Å². The molecule has 1 aliphatic carbocycles. The number of nitrogens with zero attached hydrogens (tertiary/aromatic N) is 1. The standard InChI is InChI=1S/C11H18N2O/c1-7-3-2-4-13(7)11(14)10-8-5-12-6-9(8)10/h7-10,12H,2-6H2,1H3/t7?,8-,9+,10?. The molecule has 2 heterocycles. The second-order valence-corrected chi connectivity index (χ2v) is 5.03. The summed E-state index contributed by atoms with van der Waals surface area (Å²) < 4.78 is 0. The van der Waals surface area contributed by atoms with Gasteiger partial charge in [-0.1, -0.05) is 0 Å². The zero-order chi connectivity index (χ0) is 9.71. The van der Waals surface area contributed by atoms with Gasteiger partial charge >= 0.3 is 0 Å². The summed E-state index contributed by atoms with van der Waals surface area (Å²) >= 11 is 0. The predicted molar refractivity (Wildman–Crippen MR) is 53.7 cm³/mol. The van der Waals surface area contributed by atoms with Crippen LogP contribution in [0, 0.1) is 17.8 Å². The first kappa shape index (κ1) is 8.72. The van der Waals surface area contributed by atoms with E-state index in [0.29, 0.717) is 29.7 Å². The molecule has 0 radical (unpaired) electrons. The van der Waals surface area contributed by atoms with Crippen LogP contribution < -0.4 is 5.32 Å². The Kier molecular flexibility index (Phi) is 1.84. The Morgan fingerprint density at radius 2 is 2.07 bits per heavy atom. The minimum absolute atomic E-state index is 0.386. The van der Waals surface area contributed by atoms with E-state index in [0.717, 1.165) is 19.6 Å². The summed E-state index contributed by atoms with van der Waals surface area (Å²) in [7, 11) is 0. The van der Waals surface area contributed by atoms with E-state index in [1.54, 1.807) is 0 Å². The third-order valence-corrected chi connectivity index (χ3v) is 4.21. The summed E-state index contributed by atoms with van der Waals surface area (Å²) in [6, 6.07) is 0.497. The fraction of sp³-hybridized carbons (Fsp3) is 0.909. The number of amides is 1. The number of hydrogen-bond acceptors (Lipinski definition) is 2. The fourth-order valence-electron chi connectivity index (χ4n) is 3.24. The van der Waals surface area contributed by atoms with Crippen molar-refractivity contribution in [2.24, 2.45) is 17.8 Å². The van der Waals surface area contributed by atoms with E-state index in [4.69, 9.17) is 0 Å². The molecule has 2 saturated heterocycles. The highest BCUT2D eigenvalue weighted by Crippen LogP contribution is 2.50. The molecule has 1 saturated carbocycles. The van der Waals surface area contributed by atoms with Crippen molar-refractivity contribution < 1.29 is 4.79 Å². The lowest BCUT2D eigenvalue weighted by atomic mass is 10.2. The molecule has 0 aromatic rings. The second-order valence-electron chi connectivity index (χ2n) is 5.03. The zero-order valence-electron chi connectivity index (χ0n) is 8.70. The Balaban J connectivity index is 1.66. The SMILES string of the molecule is CC1CCCN1C(=O)C1[C@H]2CNC[C@@H]12. The molecule has 3 heteroatoms. The molecule has 3 nitrogen and oxygen atoms in total. The van der Waals surface area contributed by atoms with Gasteiger partial charge in [-0.15, -0.1) is 0 Å². The number of hydrogen-bond donors (Lipinski definition) is 1. The number of carbonyl (C=O) groups excluding carboxylic acids is 1. The zero-order valence-corrected chi connectivity index (χ0v) is 8.70. The molecule has 3 fully saturated rings. The van der Waals surface area contributed by atoms with E-state index in [-0.39, 0.29) is 0 Å². The van der Waals surface area contributed by atoms with Crippen molar-refractivity contribution in [3.8, 4) is 0 Å². The number of piperidine rings is 1. The highest BCUT2D eigenvalue weighted by Gasteiger charge is 2.58. The van der Waals surface area contributed by atoms with E-state index < -0.39 is 0 Å². The topological polar surface area (TPSA) is 32.3 Å². The van der Waals surface area contributed by atoms with Crippen LogP contribution >= 0.6 is 0 Å². The average molecular weight is 194 g/mol. The van der Waals surface area contributed by atoms with Gasteiger partial charge in [0.15, 0.2) is 0 Å². The van der Waals surface area contributed by atoms with Crippen LogP contribution in [0.1, 0.15) is 19.8 Å². The van der Waals surface area contributed by atoms with Crippen molar-refractivity contribution >= 4 is 5.91 Å². The van der Waals surface area contributed by atoms with E-state index in [2.05, 4.69) is 17.1 Å². The van der Waals surface area contributed by atoms with Gasteiger partial charge in [-0.2, -0.15) is 0 Å². The van der Waals surface area contributed by atoms with Crippen LogP contribution in [-0.4, -0.2) is 36.5 Å². The van der Waals surface area contributed by atoms with Crippen molar-refractivity contribution in [3.63, 3.8) is 0 Å². The van der Waals surface area contributed by atoms with Crippen molar-refractivity contribution in [1.29, 1.82) is 0 Å². The Bertz CT molecular complexity index is 256. The van der Waals surface area contributed by atoms with Crippen LogP contribution in [0.25, 0.3) is 0 Å². The maximum atomic E-state index is 12.1. The summed E-state index contributed by atoms with van der Waals surface area (Å²) in [6.45, 7) is 5.33. The van der Waals surface area contributed by atoms with Crippen LogP contribution in [-0.2, 0) is 4.79 Å². The second kappa shape index (κ2) is 2.96. The first-order valence-electron chi connectivity index (χ1n) is 5.80. The monoisotopic (exact) mass is 194 g/mol. The molecule has 4 atom stereocenters. The molecule has 1 amide bonds. The van der Waals surface area contributed by atoms with Crippen LogP contribution in [0.15, 0.2) is 0 Å². The molecular weight excluding hydrogens is 176 g/mol. The normalized spacial score (nSPS) is 45.4. The lowest BCUT2D eigenvalue weighted by molar-refractivity contribution is -0.133. The molecule has 0 bridgehead atoms. The number of fused-ring (bicyclic) bond motifs is 1. The molecule has 0 aromatic heterocycles. The number of rotatable bonds is 1. The highest BCUT2D eigenvalue weighted by atomic mass is 16.2. The van der Waals surface area contributed by atoms with Gasteiger partial charge in [-0.3, -0.25) is 4.79 Å². The molecule has 3 aliphatic rings. The van der Waals surface area contributed by atoms with Gasteiger partial charge in [-0.25, -0.2) is 0 Å². The first-order chi connectivity index (χ1) is 6.79. The van der Waals surface area contributed by atoms with Gasteiger partial charge in [0.1, 0.15) is 0 Å². The van der Waals surface area contributed by atoms with Crippen molar-refractivity contribution in [1.82, 2.24) is 10.2 Å². The number of nitrogens with one attached hydrogen (secondary N) is 1. The van der Waals surface area contributed by atoms with Gasteiger partial charge < -0.3 is 10.2 Å². The van der Waals surface area contributed by atoms with Crippen molar-refractivity contribution in [2.75, 3.05) is 19.6 Å². The summed E-state index contributed by atoms with van der Waals surface area (Å²) in [5.41, 5.74) is 0. The average Bonchev–Trinajstić information content (AvgIpc) is 2.57. The molecule has 14 heavy (non-hydrogen) atoms. The molecule has 2 unspecified atom stereocenters. The third-order valence-electron chi connectivity index (χ3n) is 4.21. The van der Waals surface area contributed by atoms with Crippen LogP contribution in [0.4, 0.5) is 0 Å². The Morgan fingerprint density at radius 3 is 2.64 bits per heavy atom. The largest absolute Gasteiger partial charge is 0.340 e. The quantitative estimate of drug-likeness (QED) is 0.658. The minimum Gasteiger partial charge on any atom is -0.340 e. The molecule has 3 rings (SSSR count). The van der Waals surface area contributed by atoms with Crippen LogP contribution in [0.2, 0.25) is 0 Å². The maximum absolute atomic E-state index is 12.1. The Hall–Kier alpha value is -0.570. The highest BCUT2D eigenvalue weighted by molar-refractivity contribution is 5.83. The molecular formula is C11H18N2O. The molecule has 78 valence electrons. The predicted octanol–water partition coefficient (Wildman–Crippen LogP) is 0.463. The van der Waals surface area contributed by atoms with Crippen molar-refractivity contribution in [2.45, 2.75) is 25.8 Å². The van der Waals surface area contributed by atoms with Crippen LogP contribution in [0.3, 0.4) is 0 Å². The van der Waals surface area contributed by atoms with Gasteiger partial charge in [0.2, 0.25) is 5.91 Å². The Labute approximate surface area is 84.8 Å². The van der Waals surface area contributed by atoms with E-state index in [1.807, 2.05) is 0 Å². The third kappa shape index (κ3) is 1.11. The summed E-state index contributed by atoms with van der Waals surface area (Å²) in [5.74, 6) is 2.19. The molecule has 1 N–H and O–H groups in total. The van der Waals surface area contributed by atoms with Crippen molar-refractivity contribution in [3.05, 3.63) is 0 Å². The number of carbonyl (C=O) groups is 1. The summed E-state index contributed by atoms with van der Waals surface area (Å²) in [5, 5.41) is 3.34. The smallest absolute Gasteiger partial charge is 0.226 e. The van der Waals surface area contributed by atoms with Crippen LogP contribution in [0.5, 0.6) is 0 Å². The van der Waals surface area contributed by atoms with Gasteiger partial charge in [0.05, 0.1) is 0 Å². The van der Waals surface area contributed by atoms with E-state index >= 15 is 0 Å². The van der Waals surface area contributed by atoms with E-state index in [9.17, 15) is 4.79 Å². The van der Waals surface area contributed by atoms with Gasteiger partial charge in [-0.05, 0) is 44.7 Å². The molecule has 0 spiro atoms. The Morgan fingerprint density at radius 1 is 1.36 bits per heavy atom. The first-order valence-corrected chi connectivity index (χ1v) is 5.80. The summed E-state index contributed by atoms with van der Waals surface area (Å²) in [6.07, 6.45) is 2.40. The lowest BCUT2D eigenvalue weighted by Crippen LogP contribution is -2.37. The van der Waals surface area contributed by atoms with Gasteiger partial charge in [0.25, 0.3) is 0 Å². The minimum atomic E-state index is 0.386. The molecule has 2 aliphatic heterocycles.